The van der Waals surface area contributed by atoms with E-state index in [1.807, 2.05) is 12.1 Å². The maximum atomic E-state index is 6.46. The fourth-order valence-electron chi connectivity index (χ4n) is 9.93. The number of hydrogen-bond donors (Lipinski definition) is 0. The highest BCUT2D eigenvalue weighted by Gasteiger charge is 2.36. The van der Waals surface area contributed by atoms with Crippen LogP contribution in [0.25, 0.3) is 88.0 Å². The van der Waals surface area contributed by atoms with E-state index >= 15 is 0 Å². The fraction of sp³-hybridized carbons (Fsp3) is 0.0508. The Balaban J connectivity index is 0.967. The molecule has 0 radical (unpaired) electrons. The molecule has 1 heterocycles. The molecule has 0 amide bonds. The highest BCUT2D eigenvalue weighted by Crippen LogP contribution is 2.52. The topological polar surface area (TPSA) is 16.4 Å². The molecular weight excluding hydrogens is 739 g/mol. The van der Waals surface area contributed by atoms with Crippen LogP contribution in [-0.2, 0) is 5.41 Å². The second kappa shape index (κ2) is 13.7. The van der Waals surface area contributed by atoms with Crippen molar-refractivity contribution in [3.05, 3.63) is 223 Å². The van der Waals surface area contributed by atoms with E-state index in [0.717, 1.165) is 39.0 Å². The van der Waals surface area contributed by atoms with Gasteiger partial charge < -0.3 is 9.32 Å². The Morgan fingerprint density at radius 1 is 0.328 bits per heavy atom. The van der Waals surface area contributed by atoms with Gasteiger partial charge in [-0.25, -0.2) is 0 Å². The van der Waals surface area contributed by atoms with E-state index in [4.69, 9.17) is 4.42 Å². The standard InChI is InChI=1S/C59H41NO/c1-59(2)55-35-43(49-20-11-16-40-22-23-42(34-54(40)49)38-12-4-3-5-13-38)26-31-50(55)51-32-29-45(36-56(51)59)60(46-30-33-53-52-18-8-9-21-57(52)61-58(53)37-46)44-27-24-41(25-28-44)48-19-10-15-39-14-6-7-17-47(39)48/h3-37H,1-2H3. The van der Waals surface area contributed by atoms with Crippen LogP contribution in [-0.4, -0.2) is 0 Å². The number of anilines is 3. The fourth-order valence-corrected chi connectivity index (χ4v) is 9.93. The first kappa shape index (κ1) is 35.3. The average Bonchev–Trinajstić information content (AvgIpc) is 3.79. The molecule has 2 nitrogen and oxygen atoms in total. The van der Waals surface area contributed by atoms with Gasteiger partial charge in [0.25, 0.3) is 0 Å². The highest BCUT2D eigenvalue weighted by atomic mass is 16.3. The molecule has 1 aliphatic rings. The number of benzene rings is 10. The molecule has 1 aromatic heterocycles. The van der Waals surface area contributed by atoms with E-state index < -0.39 is 0 Å². The molecule has 0 saturated heterocycles. The van der Waals surface area contributed by atoms with Gasteiger partial charge in [0.1, 0.15) is 11.2 Å². The Kier molecular flexibility index (Phi) is 7.92. The number of rotatable bonds is 6. The molecule has 0 fully saturated rings. The maximum Gasteiger partial charge on any atom is 0.137 e. The first-order chi connectivity index (χ1) is 30.0. The lowest BCUT2D eigenvalue weighted by atomic mass is 9.81. The molecule has 288 valence electrons. The van der Waals surface area contributed by atoms with Crippen LogP contribution in [0.5, 0.6) is 0 Å². The van der Waals surface area contributed by atoms with E-state index in [0.29, 0.717) is 0 Å². The zero-order valence-electron chi connectivity index (χ0n) is 34.1. The molecule has 0 spiro atoms. The van der Waals surface area contributed by atoms with E-state index in [9.17, 15) is 0 Å². The van der Waals surface area contributed by atoms with Gasteiger partial charge in [-0.05, 0) is 132 Å². The molecule has 61 heavy (non-hydrogen) atoms. The summed E-state index contributed by atoms with van der Waals surface area (Å²) in [5.74, 6) is 0. The van der Waals surface area contributed by atoms with E-state index in [-0.39, 0.29) is 5.41 Å². The normalized spacial score (nSPS) is 12.9. The molecule has 0 N–H and O–H groups in total. The van der Waals surface area contributed by atoms with Gasteiger partial charge in [-0.15, -0.1) is 0 Å². The molecule has 0 bridgehead atoms. The van der Waals surface area contributed by atoms with Gasteiger partial charge in [-0.3, -0.25) is 0 Å². The van der Waals surface area contributed by atoms with Crippen LogP contribution in [0.4, 0.5) is 17.1 Å². The Bertz CT molecular complexity index is 3500. The van der Waals surface area contributed by atoms with Crippen LogP contribution in [0.1, 0.15) is 25.0 Å². The average molecular weight is 780 g/mol. The smallest absolute Gasteiger partial charge is 0.137 e. The SMILES string of the molecule is CC1(C)c2cc(-c3cccc4ccc(-c5ccccc5)cc34)ccc2-c2ccc(N(c3ccc(-c4cccc5ccccc45)cc3)c3ccc4c(c3)oc3ccccc34)cc21. The highest BCUT2D eigenvalue weighted by molar-refractivity contribution is 6.06. The Hall–Kier alpha value is -7.68. The van der Waals surface area contributed by atoms with Crippen molar-refractivity contribution in [2.75, 3.05) is 4.90 Å². The first-order valence-corrected chi connectivity index (χ1v) is 21.2. The minimum absolute atomic E-state index is 0.233. The lowest BCUT2D eigenvalue weighted by Crippen LogP contribution is -2.16. The van der Waals surface area contributed by atoms with Gasteiger partial charge >= 0.3 is 0 Å². The summed E-state index contributed by atoms with van der Waals surface area (Å²) in [6.07, 6.45) is 0. The zero-order valence-corrected chi connectivity index (χ0v) is 34.1. The van der Waals surface area contributed by atoms with Crippen LogP contribution in [0, 0.1) is 0 Å². The first-order valence-electron chi connectivity index (χ1n) is 21.2. The van der Waals surface area contributed by atoms with Gasteiger partial charge in [-0.1, -0.05) is 166 Å². The molecule has 11 aromatic rings. The third-order valence-electron chi connectivity index (χ3n) is 13.1. The summed E-state index contributed by atoms with van der Waals surface area (Å²) in [7, 11) is 0. The second-order valence-corrected chi connectivity index (χ2v) is 16.9. The van der Waals surface area contributed by atoms with Crippen LogP contribution in [0.2, 0.25) is 0 Å². The largest absolute Gasteiger partial charge is 0.456 e. The van der Waals surface area contributed by atoms with Crippen molar-refractivity contribution in [3.63, 3.8) is 0 Å². The monoisotopic (exact) mass is 779 g/mol. The van der Waals surface area contributed by atoms with Crippen molar-refractivity contribution in [2.24, 2.45) is 0 Å². The summed E-state index contributed by atoms with van der Waals surface area (Å²) in [5.41, 5.74) is 17.4. The number of nitrogens with zero attached hydrogens (tertiary/aromatic N) is 1. The molecule has 0 atom stereocenters. The zero-order chi connectivity index (χ0) is 40.7. The third-order valence-corrected chi connectivity index (χ3v) is 13.1. The van der Waals surface area contributed by atoms with Crippen molar-refractivity contribution in [3.8, 4) is 44.5 Å². The molecule has 10 aromatic carbocycles. The van der Waals surface area contributed by atoms with Gasteiger partial charge in [0.05, 0.1) is 0 Å². The number of hydrogen-bond acceptors (Lipinski definition) is 2. The molecule has 0 aliphatic heterocycles. The lowest BCUT2D eigenvalue weighted by molar-refractivity contribution is 0.660. The number of fused-ring (bicyclic) bond motifs is 8. The van der Waals surface area contributed by atoms with Crippen molar-refractivity contribution in [1.82, 2.24) is 0 Å². The van der Waals surface area contributed by atoms with Gasteiger partial charge in [0.15, 0.2) is 0 Å². The lowest BCUT2D eigenvalue weighted by Gasteiger charge is -2.28. The van der Waals surface area contributed by atoms with E-state index in [1.54, 1.807) is 0 Å². The van der Waals surface area contributed by atoms with Crippen LogP contribution < -0.4 is 4.90 Å². The van der Waals surface area contributed by atoms with Crippen molar-refractivity contribution in [2.45, 2.75) is 19.3 Å². The molecular formula is C59H41NO. The van der Waals surface area contributed by atoms with Gasteiger partial charge in [-0.2, -0.15) is 0 Å². The van der Waals surface area contributed by atoms with Crippen LogP contribution in [0.3, 0.4) is 0 Å². The summed E-state index contributed by atoms with van der Waals surface area (Å²) in [4.78, 5) is 2.38. The van der Waals surface area contributed by atoms with Gasteiger partial charge in [0.2, 0.25) is 0 Å². The Labute approximate surface area is 355 Å². The predicted octanol–water partition coefficient (Wildman–Crippen LogP) is 16.7. The molecule has 2 heteroatoms. The summed E-state index contributed by atoms with van der Waals surface area (Å²) in [6.45, 7) is 4.76. The quantitative estimate of drug-likeness (QED) is 0.167. The Morgan fingerprint density at radius 3 is 1.72 bits per heavy atom. The predicted molar refractivity (Wildman–Crippen MR) is 257 cm³/mol. The summed E-state index contributed by atoms with van der Waals surface area (Å²) >= 11 is 0. The van der Waals surface area contributed by atoms with Crippen molar-refractivity contribution in [1.29, 1.82) is 0 Å². The van der Waals surface area contributed by atoms with E-state index in [1.165, 1.54) is 77.2 Å². The minimum atomic E-state index is -0.233. The molecule has 1 aliphatic carbocycles. The summed E-state index contributed by atoms with van der Waals surface area (Å²) in [6, 6.07) is 77.5. The second-order valence-electron chi connectivity index (χ2n) is 16.9. The maximum absolute atomic E-state index is 6.46. The summed E-state index contributed by atoms with van der Waals surface area (Å²) < 4.78 is 6.46. The Morgan fingerprint density at radius 2 is 0.902 bits per heavy atom. The van der Waals surface area contributed by atoms with Gasteiger partial charge in [0, 0.05) is 39.3 Å². The van der Waals surface area contributed by atoms with Crippen LogP contribution >= 0.6 is 0 Å². The number of para-hydroxylation sites is 1. The minimum Gasteiger partial charge on any atom is -0.456 e. The van der Waals surface area contributed by atoms with Crippen LogP contribution in [0.15, 0.2) is 217 Å². The molecule has 0 saturated carbocycles. The number of furan rings is 1. The van der Waals surface area contributed by atoms with Crippen molar-refractivity contribution < 1.29 is 4.42 Å². The summed E-state index contributed by atoms with van der Waals surface area (Å²) in [5, 5.41) is 7.26. The third kappa shape index (κ3) is 5.71. The molecule has 0 unspecified atom stereocenters. The van der Waals surface area contributed by atoms with Crippen molar-refractivity contribution >= 4 is 60.5 Å². The molecule has 12 rings (SSSR count). The van der Waals surface area contributed by atoms with E-state index in [2.05, 4.69) is 219 Å².